The zero-order chi connectivity index (χ0) is 22.8. The van der Waals surface area contributed by atoms with Gasteiger partial charge in [-0.1, -0.05) is 64.4 Å². The molecule has 2 aliphatic rings. The lowest BCUT2D eigenvalue weighted by Gasteiger charge is -2.36. The summed E-state index contributed by atoms with van der Waals surface area (Å²) in [5.41, 5.74) is 1.09. The third kappa shape index (κ3) is 5.38. The van der Waals surface area contributed by atoms with E-state index in [1.165, 1.54) is 0 Å². The summed E-state index contributed by atoms with van der Waals surface area (Å²) in [4.78, 5) is 28.1. The van der Waals surface area contributed by atoms with Gasteiger partial charge in [0.15, 0.2) is 8.32 Å². The second-order valence-electron chi connectivity index (χ2n) is 10.4. The van der Waals surface area contributed by atoms with E-state index in [2.05, 4.69) is 51.4 Å². The second-order valence-corrected chi connectivity index (χ2v) is 15.2. The number of hydrogen-bond acceptors (Lipinski definition) is 4. The van der Waals surface area contributed by atoms with E-state index in [0.29, 0.717) is 19.6 Å². The highest BCUT2D eigenvalue weighted by Crippen LogP contribution is 2.40. The Kier molecular flexibility index (Phi) is 7.28. The number of fused-ring (bicyclic) bond motifs is 1. The van der Waals surface area contributed by atoms with Crippen molar-refractivity contribution in [1.82, 2.24) is 15.5 Å². The minimum Gasteiger partial charge on any atom is -0.415 e. The fraction of sp³-hybridized carbons (Fsp3) is 0.667. The number of nitrogens with zero attached hydrogens (tertiary/aromatic N) is 1. The number of benzene rings is 1. The van der Waals surface area contributed by atoms with E-state index in [0.717, 1.165) is 18.4 Å². The number of carbonyl (C=O) groups is 2. The predicted octanol–water partition coefficient (Wildman–Crippen LogP) is 3.09. The van der Waals surface area contributed by atoms with Crippen LogP contribution in [0.1, 0.15) is 46.1 Å². The zero-order valence-corrected chi connectivity index (χ0v) is 20.9. The summed E-state index contributed by atoms with van der Waals surface area (Å²) in [6, 6.07) is 9.05. The molecule has 0 aliphatic carbocycles. The highest BCUT2D eigenvalue weighted by Gasteiger charge is 2.62. The Balaban J connectivity index is 1.73. The Morgan fingerprint density at radius 3 is 2.52 bits per heavy atom. The molecule has 2 amide bonds. The van der Waals surface area contributed by atoms with Crippen LogP contribution in [0, 0.1) is 0 Å². The Morgan fingerprint density at radius 2 is 1.90 bits per heavy atom. The lowest BCUT2D eigenvalue weighted by Crippen LogP contribution is -2.60. The molecular weight excluding hydrogens is 406 g/mol. The Bertz CT molecular complexity index is 778. The first-order valence-corrected chi connectivity index (χ1v) is 14.5. The van der Waals surface area contributed by atoms with Gasteiger partial charge in [-0.15, -0.1) is 0 Å². The van der Waals surface area contributed by atoms with Gasteiger partial charge < -0.3 is 14.6 Å². The normalized spacial score (nSPS) is 25.9. The van der Waals surface area contributed by atoms with E-state index in [-0.39, 0.29) is 28.9 Å². The summed E-state index contributed by atoms with van der Waals surface area (Å²) in [5, 5.41) is 6.54. The van der Waals surface area contributed by atoms with Crippen LogP contribution in [0.4, 0.5) is 0 Å². The number of nitrogens with one attached hydrogen (secondary N) is 2. The lowest BCUT2D eigenvalue weighted by atomic mass is 10.0. The summed E-state index contributed by atoms with van der Waals surface area (Å²) in [7, 11) is -1.93. The van der Waals surface area contributed by atoms with E-state index in [9.17, 15) is 9.59 Å². The molecule has 0 unspecified atom stereocenters. The molecule has 6 nitrogen and oxygen atoms in total. The molecule has 2 N–H and O–H groups in total. The van der Waals surface area contributed by atoms with Crippen molar-refractivity contribution in [3.8, 4) is 0 Å². The van der Waals surface area contributed by atoms with Crippen LogP contribution in [0.2, 0.25) is 18.1 Å². The number of rotatable bonds is 9. The highest BCUT2D eigenvalue weighted by atomic mass is 28.4. The van der Waals surface area contributed by atoms with E-state index in [1.54, 1.807) is 0 Å². The van der Waals surface area contributed by atoms with Crippen molar-refractivity contribution in [2.75, 3.05) is 13.2 Å². The maximum atomic E-state index is 13.2. The molecule has 0 spiro atoms. The first-order chi connectivity index (χ1) is 14.6. The fourth-order valence-electron chi connectivity index (χ4n) is 3.97. The van der Waals surface area contributed by atoms with Crippen molar-refractivity contribution < 1.29 is 14.0 Å². The van der Waals surface area contributed by atoms with Crippen LogP contribution in [0.25, 0.3) is 0 Å². The summed E-state index contributed by atoms with van der Waals surface area (Å²) in [5.74, 6) is 0.0686. The zero-order valence-electron chi connectivity index (χ0n) is 19.9. The largest absolute Gasteiger partial charge is 0.415 e. The quantitative estimate of drug-likeness (QED) is 0.348. The predicted molar refractivity (Wildman–Crippen MR) is 126 cm³/mol. The summed E-state index contributed by atoms with van der Waals surface area (Å²) >= 11 is 0. The lowest BCUT2D eigenvalue weighted by molar-refractivity contribution is -0.133. The Morgan fingerprint density at radius 1 is 1.23 bits per heavy atom. The average Bonchev–Trinajstić information content (AvgIpc) is 3.43. The molecule has 172 valence electrons. The maximum Gasteiger partial charge on any atom is 0.240 e. The number of piperazine rings is 1. The smallest absolute Gasteiger partial charge is 0.240 e. The standard InChI is InChI=1S/C24H39N3O3Si/c1-7-8-14-25-22(28)20-21-19(16-30-31(5,6)24(2,3)4)27(21)23(29)18(26-20)15-17-12-10-9-11-13-17/h9-13,18-21,26H,7-8,14-16H2,1-6H3,(H,25,28)/t18-,19-,20-,21+,27?/m1/s1. The Hall–Kier alpha value is -1.70. The molecule has 4 atom stereocenters. The summed E-state index contributed by atoms with van der Waals surface area (Å²) in [6.07, 6.45) is 2.57. The van der Waals surface area contributed by atoms with Crippen molar-refractivity contribution in [1.29, 1.82) is 0 Å². The average molecular weight is 446 g/mol. The molecule has 2 heterocycles. The van der Waals surface area contributed by atoms with E-state index in [4.69, 9.17) is 4.43 Å². The van der Waals surface area contributed by atoms with E-state index >= 15 is 0 Å². The van der Waals surface area contributed by atoms with Gasteiger partial charge in [0.2, 0.25) is 11.8 Å². The highest BCUT2D eigenvalue weighted by molar-refractivity contribution is 6.74. The molecule has 0 saturated carbocycles. The molecule has 1 aromatic carbocycles. The first-order valence-electron chi connectivity index (χ1n) is 11.6. The van der Waals surface area contributed by atoms with Crippen LogP contribution in [-0.4, -0.2) is 62.4 Å². The molecule has 2 saturated heterocycles. The van der Waals surface area contributed by atoms with Crippen molar-refractivity contribution in [3.05, 3.63) is 35.9 Å². The van der Waals surface area contributed by atoms with E-state index in [1.807, 2.05) is 35.2 Å². The van der Waals surface area contributed by atoms with Gasteiger partial charge in [-0.05, 0) is 36.5 Å². The van der Waals surface area contributed by atoms with Crippen LogP contribution < -0.4 is 10.6 Å². The third-order valence-electron chi connectivity index (χ3n) is 7.07. The molecular formula is C24H39N3O3Si. The number of hydrogen-bond donors (Lipinski definition) is 2. The molecule has 0 aromatic heterocycles. The minimum atomic E-state index is -1.93. The van der Waals surface area contributed by atoms with E-state index < -0.39 is 20.4 Å². The van der Waals surface area contributed by atoms with Gasteiger partial charge in [0.25, 0.3) is 0 Å². The van der Waals surface area contributed by atoms with Gasteiger partial charge in [0.1, 0.15) is 6.04 Å². The van der Waals surface area contributed by atoms with Gasteiger partial charge in [0.05, 0.1) is 24.7 Å². The number of unbranched alkanes of at least 4 members (excludes halogenated alkanes) is 1. The summed E-state index contributed by atoms with van der Waals surface area (Å²) in [6.45, 7) is 14.4. The summed E-state index contributed by atoms with van der Waals surface area (Å²) < 4.78 is 6.42. The van der Waals surface area contributed by atoms with Gasteiger partial charge in [0, 0.05) is 6.54 Å². The molecule has 1 aromatic rings. The maximum absolute atomic E-state index is 13.2. The molecule has 7 heteroatoms. The monoisotopic (exact) mass is 445 g/mol. The van der Waals surface area contributed by atoms with Crippen LogP contribution in [0.5, 0.6) is 0 Å². The minimum absolute atomic E-state index is 0.0103. The van der Waals surface area contributed by atoms with Gasteiger partial charge in [-0.3, -0.25) is 14.9 Å². The number of amides is 2. The first kappa shape index (κ1) is 23.9. The van der Waals surface area contributed by atoms with Crippen LogP contribution in [0.15, 0.2) is 30.3 Å². The SMILES string of the molecule is CCCCNC(=O)[C@@H]1N[C@H](Cc2ccccc2)C(=O)N2[C@H]1[C@H]2CO[Si](C)(C)C(C)(C)C. The van der Waals surface area contributed by atoms with Gasteiger partial charge in [-0.25, -0.2) is 0 Å². The molecule has 31 heavy (non-hydrogen) atoms. The second kappa shape index (κ2) is 9.43. The third-order valence-corrected chi connectivity index (χ3v) is 11.6. The van der Waals surface area contributed by atoms with Gasteiger partial charge in [-0.2, -0.15) is 0 Å². The van der Waals surface area contributed by atoms with Crippen LogP contribution >= 0.6 is 0 Å². The molecule has 2 fully saturated rings. The fourth-order valence-corrected chi connectivity index (χ4v) is 4.99. The molecule has 3 rings (SSSR count). The van der Waals surface area contributed by atoms with Crippen molar-refractivity contribution >= 4 is 20.1 Å². The van der Waals surface area contributed by atoms with Crippen molar-refractivity contribution in [3.63, 3.8) is 0 Å². The van der Waals surface area contributed by atoms with Crippen LogP contribution in [-0.2, 0) is 20.4 Å². The topological polar surface area (TPSA) is 70.4 Å². The van der Waals surface area contributed by atoms with Crippen LogP contribution in [0.3, 0.4) is 0 Å². The number of carbonyl (C=O) groups excluding carboxylic acids is 2. The van der Waals surface area contributed by atoms with Crippen molar-refractivity contribution in [2.24, 2.45) is 0 Å². The molecule has 0 bridgehead atoms. The Labute approximate surface area is 188 Å². The van der Waals surface area contributed by atoms with Crippen molar-refractivity contribution in [2.45, 2.75) is 89.3 Å². The molecule has 2 aliphatic heterocycles. The van der Waals surface area contributed by atoms with Gasteiger partial charge >= 0.3 is 0 Å². The molecule has 0 radical (unpaired) electrons.